The van der Waals surface area contributed by atoms with Gasteiger partial charge >= 0.3 is 6.03 Å². The molecule has 1 N–H and O–H groups in total. The number of amides is 4. The van der Waals surface area contributed by atoms with Crippen molar-refractivity contribution in [3.63, 3.8) is 0 Å². The molecule has 0 saturated carbocycles. The number of benzene rings is 1. The minimum absolute atomic E-state index is 0.0915. The van der Waals surface area contributed by atoms with Crippen LogP contribution in [-0.2, 0) is 16.1 Å². The van der Waals surface area contributed by atoms with E-state index in [0.29, 0.717) is 27.3 Å². The zero-order valence-corrected chi connectivity index (χ0v) is 16.0. The molecular formula is C18H15BrN2O6. The number of methoxy groups -OCH3 is 2. The summed E-state index contributed by atoms with van der Waals surface area (Å²) in [5, 5.41) is 2.16. The van der Waals surface area contributed by atoms with Crippen LogP contribution < -0.4 is 14.8 Å². The van der Waals surface area contributed by atoms with E-state index in [2.05, 4.69) is 21.2 Å². The Bertz CT molecular complexity index is 936. The lowest BCUT2D eigenvalue weighted by Gasteiger charge is -2.25. The van der Waals surface area contributed by atoms with Crippen molar-refractivity contribution in [3.05, 3.63) is 51.9 Å². The summed E-state index contributed by atoms with van der Waals surface area (Å²) in [6, 6.07) is 5.74. The molecule has 8 nitrogen and oxygen atoms in total. The van der Waals surface area contributed by atoms with Gasteiger partial charge in [0.25, 0.3) is 11.8 Å². The lowest BCUT2D eigenvalue weighted by Crippen LogP contribution is -2.53. The van der Waals surface area contributed by atoms with E-state index in [1.165, 1.54) is 26.6 Å². The molecule has 140 valence electrons. The van der Waals surface area contributed by atoms with Gasteiger partial charge in [-0.25, -0.2) is 4.79 Å². The largest absolute Gasteiger partial charge is 0.496 e. The lowest BCUT2D eigenvalue weighted by molar-refractivity contribution is -0.130. The van der Waals surface area contributed by atoms with Gasteiger partial charge in [-0.15, -0.1) is 0 Å². The molecule has 1 aromatic carbocycles. The number of nitrogens with one attached hydrogen (secondary N) is 1. The Morgan fingerprint density at radius 1 is 1.19 bits per heavy atom. The zero-order valence-electron chi connectivity index (χ0n) is 14.4. The van der Waals surface area contributed by atoms with Crippen LogP contribution in [-0.4, -0.2) is 37.0 Å². The number of hydrogen-bond acceptors (Lipinski definition) is 6. The summed E-state index contributed by atoms with van der Waals surface area (Å²) in [5.74, 6) is -0.165. The van der Waals surface area contributed by atoms with E-state index in [-0.39, 0.29) is 12.1 Å². The molecule has 0 spiro atoms. The summed E-state index contributed by atoms with van der Waals surface area (Å²) in [5.41, 5.74) is 0.271. The van der Waals surface area contributed by atoms with E-state index in [9.17, 15) is 14.4 Å². The van der Waals surface area contributed by atoms with Crippen molar-refractivity contribution in [2.24, 2.45) is 0 Å². The van der Waals surface area contributed by atoms with Crippen molar-refractivity contribution in [2.45, 2.75) is 6.54 Å². The number of rotatable bonds is 5. The second-order valence-electron chi connectivity index (χ2n) is 5.52. The molecule has 0 atom stereocenters. The Hall–Kier alpha value is -3.07. The highest BCUT2D eigenvalue weighted by Crippen LogP contribution is 2.34. The number of nitrogens with zero attached hydrogens (tertiary/aromatic N) is 1. The SMILES string of the molecule is COc1cc(OC)c(/C=C2\C(=O)NC(=O)N(Cc3ccco3)C2=O)cc1Br. The van der Waals surface area contributed by atoms with Crippen LogP contribution in [0.1, 0.15) is 11.3 Å². The number of imide groups is 2. The zero-order chi connectivity index (χ0) is 19.6. The molecule has 0 radical (unpaired) electrons. The maximum Gasteiger partial charge on any atom is 0.331 e. The molecule has 1 saturated heterocycles. The summed E-state index contributed by atoms with van der Waals surface area (Å²) in [4.78, 5) is 37.9. The topological polar surface area (TPSA) is 98.1 Å². The van der Waals surface area contributed by atoms with Crippen molar-refractivity contribution >= 4 is 39.9 Å². The molecule has 0 unspecified atom stereocenters. The maximum absolute atomic E-state index is 12.7. The second kappa shape index (κ2) is 7.67. The summed E-state index contributed by atoms with van der Waals surface area (Å²) in [6.45, 7) is -0.0915. The monoisotopic (exact) mass is 434 g/mol. The minimum Gasteiger partial charge on any atom is -0.496 e. The molecule has 2 heterocycles. The lowest BCUT2D eigenvalue weighted by atomic mass is 10.1. The molecule has 2 aromatic rings. The standard InChI is InChI=1S/C18H15BrN2O6/c1-25-14-8-15(26-2)13(19)7-10(14)6-12-16(22)20-18(24)21(17(12)23)9-11-4-3-5-27-11/h3-8H,9H2,1-2H3,(H,20,22,24)/b12-6+. The van der Waals surface area contributed by atoms with Gasteiger partial charge in [-0.1, -0.05) is 0 Å². The van der Waals surface area contributed by atoms with Gasteiger partial charge in [-0.2, -0.15) is 0 Å². The number of urea groups is 1. The average molecular weight is 435 g/mol. The Morgan fingerprint density at radius 2 is 1.93 bits per heavy atom. The Labute approximate surface area is 162 Å². The number of furan rings is 1. The molecule has 1 aromatic heterocycles. The number of carbonyl (C=O) groups is 3. The van der Waals surface area contributed by atoms with Gasteiger partial charge in [0.15, 0.2) is 0 Å². The van der Waals surface area contributed by atoms with Gasteiger partial charge in [0.2, 0.25) is 0 Å². The van der Waals surface area contributed by atoms with Crippen LogP contribution >= 0.6 is 15.9 Å². The van der Waals surface area contributed by atoms with Crippen LogP contribution in [0.3, 0.4) is 0 Å². The number of carbonyl (C=O) groups excluding carboxylic acids is 3. The van der Waals surface area contributed by atoms with Crippen LogP contribution in [0.4, 0.5) is 4.79 Å². The minimum atomic E-state index is -0.804. The molecule has 27 heavy (non-hydrogen) atoms. The first-order chi connectivity index (χ1) is 12.9. The molecule has 1 aliphatic rings. The van der Waals surface area contributed by atoms with Gasteiger partial charge in [0.1, 0.15) is 22.8 Å². The van der Waals surface area contributed by atoms with Gasteiger partial charge < -0.3 is 13.9 Å². The third-order valence-electron chi connectivity index (χ3n) is 3.88. The average Bonchev–Trinajstić information content (AvgIpc) is 3.15. The van der Waals surface area contributed by atoms with E-state index in [1.54, 1.807) is 24.3 Å². The molecule has 1 fully saturated rings. The molecule has 0 bridgehead atoms. The molecule has 1 aliphatic heterocycles. The third kappa shape index (κ3) is 3.72. The van der Waals surface area contributed by atoms with Crippen molar-refractivity contribution in [2.75, 3.05) is 14.2 Å². The number of hydrogen-bond donors (Lipinski definition) is 1. The Morgan fingerprint density at radius 3 is 2.56 bits per heavy atom. The number of halogens is 1. The van der Waals surface area contributed by atoms with E-state index in [1.807, 2.05) is 0 Å². The maximum atomic E-state index is 12.7. The molecule has 0 aliphatic carbocycles. The van der Waals surface area contributed by atoms with Gasteiger partial charge in [0, 0.05) is 11.6 Å². The summed E-state index contributed by atoms with van der Waals surface area (Å²) in [6.07, 6.45) is 2.80. The normalized spacial score (nSPS) is 15.9. The summed E-state index contributed by atoms with van der Waals surface area (Å²) in [7, 11) is 2.97. The van der Waals surface area contributed by atoms with Gasteiger partial charge in [0.05, 0.1) is 31.5 Å². The first-order valence-corrected chi connectivity index (χ1v) is 8.56. The number of ether oxygens (including phenoxy) is 2. The first-order valence-electron chi connectivity index (χ1n) is 7.77. The van der Waals surface area contributed by atoms with E-state index < -0.39 is 17.8 Å². The second-order valence-corrected chi connectivity index (χ2v) is 6.37. The predicted molar refractivity (Wildman–Crippen MR) is 98.0 cm³/mol. The fourth-order valence-corrected chi connectivity index (χ4v) is 3.07. The molecule has 9 heteroatoms. The highest BCUT2D eigenvalue weighted by atomic mass is 79.9. The van der Waals surface area contributed by atoms with Crippen LogP contribution in [0.5, 0.6) is 11.5 Å². The summed E-state index contributed by atoms with van der Waals surface area (Å²) < 4.78 is 16.3. The van der Waals surface area contributed by atoms with Crippen LogP contribution in [0.25, 0.3) is 6.08 Å². The molecular weight excluding hydrogens is 420 g/mol. The van der Waals surface area contributed by atoms with Crippen molar-refractivity contribution < 1.29 is 28.3 Å². The van der Waals surface area contributed by atoms with E-state index in [0.717, 1.165) is 4.90 Å². The Balaban J connectivity index is 1.99. The van der Waals surface area contributed by atoms with E-state index in [4.69, 9.17) is 13.9 Å². The highest BCUT2D eigenvalue weighted by molar-refractivity contribution is 9.10. The van der Waals surface area contributed by atoms with Crippen molar-refractivity contribution in [1.29, 1.82) is 0 Å². The van der Waals surface area contributed by atoms with Crippen LogP contribution in [0, 0.1) is 0 Å². The van der Waals surface area contributed by atoms with Crippen LogP contribution in [0.2, 0.25) is 0 Å². The van der Waals surface area contributed by atoms with Crippen molar-refractivity contribution in [3.8, 4) is 11.5 Å². The fraction of sp³-hybridized carbons (Fsp3) is 0.167. The third-order valence-corrected chi connectivity index (χ3v) is 4.50. The molecule has 4 amide bonds. The predicted octanol–water partition coefficient (Wildman–Crippen LogP) is 2.72. The summed E-state index contributed by atoms with van der Waals surface area (Å²) >= 11 is 3.35. The fourth-order valence-electron chi connectivity index (χ4n) is 2.55. The van der Waals surface area contributed by atoms with Crippen molar-refractivity contribution in [1.82, 2.24) is 10.2 Å². The quantitative estimate of drug-likeness (QED) is 0.573. The molecule has 3 rings (SSSR count). The number of barbiturate groups is 1. The van der Waals surface area contributed by atoms with E-state index >= 15 is 0 Å². The highest BCUT2D eigenvalue weighted by Gasteiger charge is 2.36. The van der Waals surface area contributed by atoms with Gasteiger partial charge in [-0.3, -0.25) is 19.8 Å². The van der Waals surface area contributed by atoms with Gasteiger partial charge in [-0.05, 0) is 40.2 Å². The smallest absolute Gasteiger partial charge is 0.331 e. The first kappa shape index (κ1) is 18.7. The Kier molecular flexibility index (Phi) is 5.31. The van der Waals surface area contributed by atoms with Crippen LogP contribution in [0.15, 0.2) is 45.0 Å².